The molecule has 0 aliphatic carbocycles. The molecular formula is C13H23NS. The molecule has 0 amide bonds. The zero-order valence-electron chi connectivity index (χ0n) is 10.3. The Bertz CT molecular complexity index is 284. The zero-order chi connectivity index (χ0) is 11.4. The van der Waals surface area contributed by atoms with E-state index in [1.54, 1.807) is 0 Å². The fraction of sp³-hybridized carbons (Fsp3) is 0.692. The summed E-state index contributed by atoms with van der Waals surface area (Å²) >= 11 is 1.86. The van der Waals surface area contributed by atoms with Gasteiger partial charge in [-0.05, 0) is 37.8 Å². The lowest BCUT2D eigenvalue weighted by Crippen LogP contribution is -2.12. The van der Waals surface area contributed by atoms with Crippen LogP contribution in [0.4, 0.5) is 0 Å². The maximum Gasteiger partial charge on any atom is 0.0392 e. The highest BCUT2D eigenvalue weighted by Gasteiger charge is 2.13. The molecular weight excluding hydrogens is 202 g/mol. The van der Waals surface area contributed by atoms with Crippen LogP contribution in [0.15, 0.2) is 6.07 Å². The van der Waals surface area contributed by atoms with Gasteiger partial charge in [-0.15, -0.1) is 11.3 Å². The smallest absolute Gasteiger partial charge is 0.0392 e. The van der Waals surface area contributed by atoms with Crippen LogP contribution < -0.4 is 5.73 Å². The normalized spacial score (nSPS) is 15.3. The molecule has 1 aromatic heterocycles. The van der Waals surface area contributed by atoms with Crippen LogP contribution in [0.5, 0.6) is 0 Å². The summed E-state index contributed by atoms with van der Waals surface area (Å²) in [5, 5.41) is 0. The standard InChI is InChI=1S/C13H23NS/c1-5-6-9(2)7-12(14)13-8-10(3)11(4)15-13/h8-9,12H,5-7,14H2,1-4H3. The van der Waals surface area contributed by atoms with E-state index in [-0.39, 0.29) is 6.04 Å². The third kappa shape index (κ3) is 3.62. The predicted octanol–water partition coefficient (Wildman–Crippen LogP) is 4.19. The van der Waals surface area contributed by atoms with Crippen LogP contribution in [-0.2, 0) is 0 Å². The second kappa shape index (κ2) is 5.66. The van der Waals surface area contributed by atoms with Crippen molar-refractivity contribution < 1.29 is 0 Å². The topological polar surface area (TPSA) is 26.0 Å². The van der Waals surface area contributed by atoms with Crippen LogP contribution in [0.25, 0.3) is 0 Å². The predicted molar refractivity (Wildman–Crippen MR) is 69.4 cm³/mol. The van der Waals surface area contributed by atoms with Crippen LogP contribution in [0.1, 0.15) is 54.5 Å². The van der Waals surface area contributed by atoms with Crippen LogP contribution in [-0.4, -0.2) is 0 Å². The molecule has 2 heteroatoms. The Morgan fingerprint density at radius 1 is 1.40 bits per heavy atom. The van der Waals surface area contributed by atoms with Crippen molar-refractivity contribution in [3.63, 3.8) is 0 Å². The van der Waals surface area contributed by atoms with E-state index in [9.17, 15) is 0 Å². The van der Waals surface area contributed by atoms with Gasteiger partial charge in [-0.1, -0.05) is 26.7 Å². The maximum atomic E-state index is 6.22. The van der Waals surface area contributed by atoms with Gasteiger partial charge in [0.1, 0.15) is 0 Å². The lowest BCUT2D eigenvalue weighted by atomic mass is 9.97. The number of hydrogen-bond acceptors (Lipinski definition) is 2. The molecule has 0 saturated carbocycles. The first-order valence-electron chi connectivity index (χ1n) is 5.87. The van der Waals surface area contributed by atoms with E-state index >= 15 is 0 Å². The van der Waals surface area contributed by atoms with Gasteiger partial charge in [0, 0.05) is 15.8 Å². The van der Waals surface area contributed by atoms with Crippen molar-refractivity contribution in [3.05, 3.63) is 21.4 Å². The highest BCUT2D eigenvalue weighted by atomic mass is 32.1. The van der Waals surface area contributed by atoms with Crippen molar-refractivity contribution in [2.45, 2.75) is 53.0 Å². The Kier molecular flexibility index (Phi) is 4.81. The van der Waals surface area contributed by atoms with Crippen molar-refractivity contribution in [1.29, 1.82) is 0 Å². The Hall–Kier alpha value is -0.340. The summed E-state index contributed by atoms with van der Waals surface area (Å²) in [4.78, 5) is 2.76. The van der Waals surface area contributed by atoms with Gasteiger partial charge >= 0.3 is 0 Å². The summed E-state index contributed by atoms with van der Waals surface area (Å²) in [6.07, 6.45) is 3.67. The minimum absolute atomic E-state index is 0.240. The minimum atomic E-state index is 0.240. The summed E-state index contributed by atoms with van der Waals surface area (Å²) < 4.78 is 0. The molecule has 86 valence electrons. The summed E-state index contributed by atoms with van der Waals surface area (Å²) in [6, 6.07) is 2.49. The van der Waals surface area contributed by atoms with Crippen molar-refractivity contribution in [2.24, 2.45) is 11.7 Å². The Labute approximate surface area is 97.7 Å². The molecule has 0 bridgehead atoms. The zero-order valence-corrected chi connectivity index (χ0v) is 11.2. The van der Waals surface area contributed by atoms with E-state index in [4.69, 9.17) is 5.73 Å². The number of hydrogen-bond donors (Lipinski definition) is 1. The fourth-order valence-electron chi connectivity index (χ4n) is 1.94. The second-order valence-electron chi connectivity index (χ2n) is 4.62. The molecule has 2 unspecified atom stereocenters. The third-order valence-electron chi connectivity index (χ3n) is 2.99. The van der Waals surface area contributed by atoms with Crippen LogP contribution in [0.3, 0.4) is 0 Å². The average molecular weight is 225 g/mol. The second-order valence-corrected chi connectivity index (χ2v) is 5.91. The first-order valence-corrected chi connectivity index (χ1v) is 6.68. The first kappa shape index (κ1) is 12.7. The first-order chi connectivity index (χ1) is 7.04. The van der Waals surface area contributed by atoms with Gasteiger partial charge in [-0.3, -0.25) is 0 Å². The molecule has 0 fully saturated rings. The molecule has 1 nitrogen and oxygen atoms in total. The van der Waals surface area contributed by atoms with Crippen molar-refractivity contribution in [3.8, 4) is 0 Å². The maximum absolute atomic E-state index is 6.22. The van der Waals surface area contributed by atoms with E-state index < -0.39 is 0 Å². The molecule has 0 aliphatic rings. The quantitative estimate of drug-likeness (QED) is 0.799. The van der Waals surface area contributed by atoms with Crippen LogP contribution >= 0.6 is 11.3 Å². The van der Waals surface area contributed by atoms with Crippen molar-refractivity contribution >= 4 is 11.3 Å². The summed E-state index contributed by atoms with van der Waals surface area (Å²) in [5.74, 6) is 0.743. The fourth-order valence-corrected chi connectivity index (χ4v) is 3.00. The van der Waals surface area contributed by atoms with Gasteiger partial charge in [-0.2, -0.15) is 0 Å². The molecule has 1 aromatic rings. The number of thiophene rings is 1. The lowest BCUT2D eigenvalue weighted by Gasteiger charge is -2.15. The molecule has 2 N–H and O–H groups in total. The summed E-state index contributed by atoms with van der Waals surface area (Å²) in [6.45, 7) is 8.88. The van der Waals surface area contributed by atoms with Crippen LogP contribution in [0, 0.1) is 19.8 Å². The van der Waals surface area contributed by atoms with Gasteiger partial charge in [0.25, 0.3) is 0 Å². The highest BCUT2D eigenvalue weighted by Crippen LogP contribution is 2.29. The van der Waals surface area contributed by atoms with Crippen LogP contribution in [0.2, 0.25) is 0 Å². The molecule has 1 rings (SSSR count). The highest BCUT2D eigenvalue weighted by molar-refractivity contribution is 7.12. The van der Waals surface area contributed by atoms with E-state index in [0.717, 1.165) is 12.3 Å². The number of aryl methyl sites for hydroxylation is 2. The summed E-state index contributed by atoms with van der Waals surface area (Å²) in [5.41, 5.74) is 7.60. The van der Waals surface area contributed by atoms with Crippen molar-refractivity contribution in [1.82, 2.24) is 0 Å². The van der Waals surface area contributed by atoms with E-state index in [0.29, 0.717) is 0 Å². The van der Waals surface area contributed by atoms with Gasteiger partial charge in [0.2, 0.25) is 0 Å². The SMILES string of the molecule is CCCC(C)CC(N)c1cc(C)c(C)s1. The lowest BCUT2D eigenvalue weighted by molar-refractivity contribution is 0.443. The van der Waals surface area contributed by atoms with Gasteiger partial charge in [0.05, 0.1) is 0 Å². The van der Waals surface area contributed by atoms with E-state index in [2.05, 4.69) is 33.8 Å². The molecule has 0 spiro atoms. The molecule has 0 aliphatic heterocycles. The van der Waals surface area contributed by atoms with Crippen molar-refractivity contribution in [2.75, 3.05) is 0 Å². The Morgan fingerprint density at radius 3 is 2.53 bits per heavy atom. The molecule has 0 radical (unpaired) electrons. The summed E-state index contributed by atoms with van der Waals surface area (Å²) in [7, 11) is 0. The largest absolute Gasteiger partial charge is 0.323 e. The van der Waals surface area contributed by atoms with Gasteiger partial charge < -0.3 is 5.73 Å². The number of nitrogens with two attached hydrogens (primary N) is 1. The van der Waals surface area contributed by atoms with Gasteiger partial charge in [-0.25, -0.2) is 0 Å². The molecule has 0 saturated heterocycles. The van der Waals surface area contributed by atoms with E-state index in [1.165, 1.54) is 28.2 Å². The Balaban J connectivity index is 2.56. The van der Waals surface area contributed by atoms with Gasteiger partial charge in [0.15, 0.2) is 0 Å². The monoisotopic (exact) mass is 225 g/mol. The van der Waals surface area contributed by atoms with E-state index in [1.807, 2.05) is 11.3 Å². The average Bonchev–Trinajstić information content (AvgIpc) is 2.47. The molecule has 2 atom stereocenters. The minimum Gasteiger partial charge on any atom is -0.323 e. The molecule has 0 aromatic carbocycles. The number of rotatable bonds is 5. The molecule has 15 heavy (non-hydrogen) atoms. The molecule has 1 heterocycles. The third-order valence-corrected chi connectivity index (χ3v) is 4.27. The Morgan fingerprint density at radius 2 is 2.07 bits per heavy atom.